The number of rotatable bonds is 15. The standard InChI is InChI=1S/C45H44N4O6S/c46-37-18-7-8-19-38(37)48-41(52)21-10-9-20-40(51)47-35-17-11-16-34(26-35)44-53-36(27-39(54-44)31-24-22-30(28-50)23-25-31)29-56-45-49-42(32-12-3-1-4-13-32)43(55-45)33-14-5-2-6-15-33/h1-8,11-19,22-26,36,39,44,50H,9-10,20-21,27-29,46H2,(H,47,51)(H,48,52)/t36-,39+,44+/m0/s1. The lowest BCUT2D eigenvalue weighted by molar-refractivity contribution is -0.245. The molecular weight excluding hydrogens is 725 g/mol. The number of benzene rings is 5. The van der Waals surface area contributed by atoms with Crippen LogP contribution in [-0.2, 0) is 25.7 Å². The number of nitrogen functional groups attached to an aromatic ring is 1. The maximum absolute atomic E-state index is 12.9. The molecule has 0 spiro atoms. The number of amides is 2. The van der Waals surface area contributed by atoms with E-state index < -0.39 is 6.29 Å². The number of nitrogens with two attached hydrogens (primary N) is 1. The Balaban J connectivity index is 1.01. The molecule has 2 amide bonds. The van der Waals surface area contributed by atoms with Crippen molar-refractivity contribution < 1.29 is 28.6 Å². The second-order valence-electron chi connectivity index (χ2n) is 13.6. The van der Waals surface area contributed by atoms with Crippen LogP contribution in [-0.4, -0.2) is 33.8 Å². The zero-order chi connectivity index (χ0) is 38.7. The highest BCUT2D eigenvalue weighted by atomic mass is 32.2. The zero-order valence-corrected chi connectivity index (χ0v) is 31.6. The molecule has 0 bridgehead atoms. The van der Waals surface area contributed by atoms with E-state index in [1.54, 1.807) is 12.1 Å². The summed E-state index contributed by atoms with van der Waals surface area (Å²) in [6, 6.07) is 42.3. The number of aromatic nitrogens is 1. The molecule has 6 aromatic rings. The first-order valence-corrected chi connectivity index (χ1v) is 19.7. The van der Waals surface area contributed by atoms with E-state index in [0.29, 0.717) is 53.1 Å². The Labute approximate surface area is 330 Å². The summed E-state index contributed by atoms with van der Waals surface area (Å²) in [6.07, 6.45) is 1.03. The molecule has 11 heteroatoms. The van der Waals surface area contributed by atoms with Gasteiger partial charge in [-0.1, -0.05) is 121 Å². The van der Waals surface area contributed by atoms with Crippen LogP contribution >= 0.6 is 11.8 Å². The molecule has 1 aliphatic heterocycles. The van der Waals surface area contributed by atoms with Gasteiger partial charge < -0.3 is 35.4 Å². The Morgan fingerprint density at radius 1 is 0.750 bits per heavy atom. The van der Waals surface area contributed by atoms with Gasteiger partial charge in [-0.2, -0.15) is 0 Å². The van der Waals surface area contributed by atoms with Crippen molar-refractivity contribution in [3.05, 3.63) is 150 Å². The van der Waals surface area contributed by atoms with Crippen LogP contribution in [0, 0.1) is 0 Å². The van der Waals surface area contributed by atoms with Crippen molar-refractivity contribution in [2.75, 3.05) is 22.1 Å². The van der Waals surface area contributed by atoms with Crippen LogP contribution in [0.4, 0.5) is 17.1 Å². The van der Waals surface area contributed by atoms with Crippen LogP contribution in [0.25, 0.3) is 22.6 Å². The van der Waals surface area contributed by atoms with Crippen molar-refractivity contribution >= 4 is 40.6 Å². The summed E-state index contributed by atoms with van der Waals surface area (Å²) in [7, 11) is 0. The molecule has 1 aliphatic rings. The van der Waals surface area contributed by atoms with Gasteiger partial charge in [-0.15, -0.1) is 0 Å². The molecule has 0 radical (unpaired) electrons. The number of nitrogens with one attached hydrogen (secondary N) is 2. The third-order valence-electron chi connectivity index (χ3n) is 9.43. The lowest BCUT2D eigenvalue weighted by Gasteiger charge is -2.36. The van der Waals surface area contributed by atoms with E-state index in [1.807, 2.05) is 121 Å². The molecule has 5 aromatic carbocycles. The number of aliphatic hydroxyl groups is 1. The molecule has 56 heavy (non-hydrogen) atoms. The van der Waals surface area contributed by atoms with Crippen molar-refractivity contribution in [1.82, 2.24) is 4.98 Å². The van der Waals surface area contributed by atoms with E-state index in [4.69, 9.17) is 24.6 Å². The minimum absolute atomic E-state index is 0.0411. The van der Waals surface area contributed by atoms with Gasteiger partial charge in [0.15, 0.2) is 12.1 Å². The van der Waals surface area contributed by atoms with Crippen LogP contribution in [0.15, 0.2) is 143 Å². The topological polar surface area (TPSA) is 149 Å². The number of ether oxygens (including phenoxy) is 2. The van der Waals surface area contributed by atoms with Gasteiger partial charge in [0.2, 0.25) is 11.8 Å². The maximum atomic E-state index is 12.9. The Bertz CT molecular complexity index is 2160. The summed E-state index contributed by atoms with van der Waals surface area (Å²) < 4.78 is 19.6. The highest BCUT2D eigenvalue weighted by molar-refractivity contribution is 7.99. The van der Waals surface area contributed by atoms with E-state index in [1.165, 1.54) is 11.8 Å². The van der Waals surface area contributed by atoms with E-state index in [0.717, 1.165) is 33.5 Å². The Morgan fingerprint density at radius 2 is 1.43 bits per heavy atom. The van der Waals surface area contributed by atoms with Gasteiger partial charge in [0.25, 0.3) is 5.22 Å². The first-order chi connectivity index (χ1) is 27.4. The summed E-state index contributed by atoms with van der Waals surface area (Å²) in [6.45, 7) is -0.0411. The first-order valence-electron chi connectivity index (χ1n) is 18.7. The number of hydrogen-bond donors (Lipinski definition) is 4. The molecule has 3 atom stereocenters. The molecule has 2 heterocycles. The summed E-state index contributed by atoms with van der Waals surface area (Å²) in [5, 5.41) is 16.0. The molecule has 1 aromatic heterocycles. The highest BCUT2D eigenvalue weighted by Crippen LogP contribution is 2.41. The predicted molar refractivity (Wildman–Crippen MR) is 220 cm³/mol. The highest BCUT2D eigenvalue weighted by Gasteiger charge is 2.33. The van der Waals surface area contributed by atoms with Gasteiger partial charge in [-0.05, 0) is 48.2 Å². The molecule has 286 valence electrons. The number of anilines is 3. The average molecular weight is 769 g/mol. The lowest BCUT2D eigenvalue weighted by Crippen LogP contribution is -2.31. The second kappa shape index (κ2) is 18.7. The molecule has 1 saturated heterocycles. The maximum Gasteiger partial charge on any atom is 0.256 e. The molecule has 0 unspecified atom stereocenters. The molecule has 7 rings (SSSR count). The third-order valence-corrected chi connectivity index (χ3v) is 10.4. The van der Waals surface area contributed by atoms with Crippen LogP contribution < -0.4 is 16.4 Å². The van der Waals surface area contributed by atoms with Gasteiger partial charge >= 0.3 is 0 Å². The van der Waals surface area contributed by atoms with Crippen LogP contribution in [0.5, 0.6) is 0 Å². The van der Waals surface area contributed by atoms with Crippen molar-refractivity contribution in [2.45, 2.75) is 62.4 Å². The molecule has 10 nitrogen and oxygen atoms in total. The lowest BCUT2D eigenvalue weighted by atomic mass is 10.0. The van der Waals surface area contributed by atoms with E-state index in [-0.39, 0.29) is 43.5 Å². The SMILES string of the molecule is Nc1ccccc1NC(=O)CCCCC(=O)Nc1cccc([C@@H]2O[C@H](CSc3nc(-c4ccccc4)c(-c4ccccc4)o3)C[C@H](c3ccc(CO)cc3)O2)c1. The minimum atomic E-state index is -0.713. The fraction of sp³-hybridized carbons (Fsp3) is 0.222. The number of nitrogens with zero attached hydrogens (tertiary/aromatic N) is 1. The number of carbonyl (C=O) groups excluding carboxylic acids is 2. The number of carbonyl (C=O) groups is 2. The normalized spacial score (nSPS) is 16.6. The van der Waals surface area contributed by atoms with E-state index >= 15 is 0 Å². The zero-order valence-electron chi connectivity index (χ0n) is 30.8. The predicted octanol–water partition coefficient (Wildman–Crippen LogP) is 9.56. The van der Waals surface area contributed by atoms with Gasteiger partial charge in [0.1, 0.15) is 5.69 Å². The van der Waals surface area contributed by atoms with Gasteiger partial charge in [0, 0.05) is 47.4 Å². The number of aliphatic hydroxyl groups excluding tert-OH is 1. The summed E-state index contributed by atoms with van der Waals surface area (Å²) in [5.41, 5.74) is 12.9. The van der Waals surface area contributed by atoms with Crippen molar-refractivity contribution in [3.63, 3.8) is 0 Å². The Morgan fingerprint density at radius 3 is 2.14 bits per heavy atom. The number of para-hydroxylation sites is 2. The number of unbranched alkanes of at least 4 members (excludes halogenated alkanes) is 1. The van der Waals surface area contributed by atoms with Crippen molar-refractivity contribution in [2.24, 2.45) is 0 Å². The van der Waals surface area contributed by atoms with Crippen LogP contribution in [0.1, 0.15) is 61.2 Å². The monoisotopic (exact) mass is 768 g/mol. The largest absolute Gasteiger partial charge is 0.431 e. The second-order valence-corrected chi connectivity index (χ2v) is 14.5. The molecule has 0 aliphatic carbocycles. The fourth-order valence-electron chi connectivity index (χ4n) is 6.51. The van der Waals surface area contributed by atoms with Crippen molar-refractivity contribution in [3.8, 4) is 22.6 Å². The molecule has 5 N–H and O–H groups in total. The van der Waals surface area contributed by atoms with E-state index in [2.05, 4.69) is 10.6 Å². The van der Waals surface area contributed by atoms with E-state index in [9.17, 15) is 14.7 Å². The van der Waals surface area contributed by atoms with Gasteiger partial charge in [-0.3, -0.25) is 9.59 Å². The first kappa shape index (κ1) is 38.6. The number of thioether (sulfide) groups is 1. The molecule has 0 saturated carbocycles. The minimum Gasteiger partial charge on any atom is -0.431 e. The molecule has 1 fully saturated rings. The molecular formula is C45H44N4O6S. The van der Waals surface area contributed by atoms with Crippen LogP contribution in [0.3, 0.4) is 0 Å². The summed E-state index contributed by atoms with van der Waals surface area (Å²) in [5.74, 6) is 0.982. The third kappa shape index (κ3) is 10.1. The Hall–Kier alpha value is -5.72. The van der Waals surface area contributed by atoms with Gasteiger partial charge in [-0.25, -0.2) is 4.98 Å². The summed E-state index contributed by atoms with van der Waals surface area (Å²) in [4.78, 5) is 30.2. The Kier molecular flexibility index (Phi) is 12.9. The van der Waals surface area contributed by atoms with Gasteiger partial charge in [0.05, 0.1) is 30.2 Å². The quantitative estimate of drug-likeness (QED) is 0.0455. The summed E-state index contributed by atoms with van der Waals surface area (Å²) >= 11 is 1.50. The van der Waals surface area contributed by atoms with Crippen molar-refractivity contribution in [1.29, 1.82) is 0 Å². The number of hydrogen-bond acceptors (Lipinski definition) is 9. The average Bonchev–Trinajstić information content (AvgIpc) is 3.68. The smallest absolute Gasteiger partial charge is 0.256 e. The fourth-order valence-corrected chi connectivity index (χ4v) is 7.35. The number of oxazole rings is 1. The van der Waals surface area contributed by atoms with Crippen LogP contribution in [0.2, 0.25) is 0 Å².